The first-order valence-corrected chi connectivity index (χ1v) is 6.78. The molecule has 21 heavy (non-hydrogen) atoms. The number of likely N-dealkylation sites (N-methyl/N-ethyl adjacent to an activating group) is 1. The van der Waals surface area contributed by atoms with E-state index in [0.717, 1.165) is 27.3 Å². The Morgan fingerprint density at radius 1 is 0.857 bits per heavy atom. The van der Waals surface area contributed by atoms with Gasteiger partial charge in [-0.1, -0.05) is 48.5 Å². The molecule has 0 spiro atoms. The lowest BCUT2D eigenvalue weighted by Crippen LogP contribution is -2.32. The number of hydroxylamine groups is 2. The van der Waals surface area contributed by atoms with Crippen molar-refractivity contribution in [2.24, 2.45) is 0 Å². The highest BCUT2D eigenvalue weighted by Crippen LogP contribution is 2.29. The predicted octanol–water partition coefficient (Wildman–Crippen LogP) is 2.37. The van der Waals surface area contributed by atoms with E-state index in [1.54, 1.807) is 0 Å². The van der Waals surface area contributed by atoms with Crippen LogP contribution in [0.5, 0.6) is 0 Å². The lowest BCUT2D eigenvalue weighted by molar-refractivity contribution is -0.191. The van der Waals surface area contributed by atoms with E-state index in [1.807, 2.05) is 48.5 Å². The second-order valence-electron chi connectivity index (χ2n) is 5.02. The number of fused-ring (bicyclic) bond motifs is 3. The molecule has 0 N–H and O–H groups in total. The number of benzene rings is 2. The molecular weight excluding hydrogens is 266 g/mol. The zero-order valence-corrected chi connectivity index (χ0v) is 11.7. The zero-order chi connectivity index (χ0) is 14.8. The molecule has 1 heterocycles. The van der Waals surface area contributed by atoms with E-state index >= 15 is 0 Å². The van der Waals surface area contributed by atoms with Crippen molar-refractivity contribution in [2.45, 2.75) is 12.8 Å². The summed E-state index contributed by atoms with van der Waals surface area (Å²) in [6, 6.07) is 15.5. The molecule has 1 aliphatic heterocycles. The summed E-state index contributed by atoms with van der Waals surface area (Å²) < 4.78 is 0. The molecule has 0 saturated carbocycles. The maximum absolute atomic E-state index is 12.1. The smallest absolute Gasteiger partial charge is 0.336 e. The summed E-state index contributed by atoms with van der Waals surface area (Å²) in [6.07, 6.45) is 0.344. The van der Waals surface area contributed by atoms with Crippen LogP contribution in [0.4, 0.5) is 0 Å². The first kappa shape index (κ1) is 13.4. The Kier molecular flexibility index (Phi) is 3.44. The van der Waals surface area contributed by atoms with E-state index in [-0.39, 0.29) is 18.7 Å². The average Bonchev–Trinajstić information content (AvgIpc) is 2.47. The van der Waals surface area contributed by atoms with Crippen LogP contribution in [0, 0.1) is 0 Å². The van der Waals surface area contributed by atoms with Crippen molar-refractivity contribution in [1.82, 2.24) is 5.06 Å². The monoisotopic (exact) mass is 281 g/mol. The van der Waals surface area contributed by atoms with Crippen LogP contribution in [-0.2, 0) is 27.3 Å². The summed E-state index contributed by atoms with van der Waals surface area (Å²) in [6.45, 7) is 0. The van der Waals surface area contributed by atoms with Gasteiger partial charge in [-0.3, -0.25) is 4.79 Å². The van der Waals surface area contributed by atoms with Gasteiger partial charge in [-0.15, -0.1) is 0 Å². The normalized spacial score (nSPS) is 15.0. The number of carbonyl (C=O) groups is 2. The fourth-order valence-electron chi connectivity index (χ4n) is 2.54. The number of nitrogens with zero attached hydrogens (tertiary/aromatic N) is 1. The molecule has 0 atom stereocenters. The third-order valence-electron chi connectivity index (χ3n) is 3.59. The fourth-order valence-corrected chi connectivity index (χ4v) is 2.54. The molecule has 0 radical (unpaired) electrons. The van der Waals surface area contributed by atoms with Crippen molar-refractivity contribution in [3.05, 3.63) is 59.7 Å². The Morgan fingerprint density at radius 3 is 2.00 bits per heavy atom. The van der Waals surface area contributed by atoms with E-state index in [1.165, 1.54) is 7.05 Å². The van der Waals surface area contributed by atoms with Crippen LogP contribution in [0.2, 0.25) is 0 Å². The quantitative estimate of drug-likeness (QED) is 0.745. The van der Waals surface area contributed by atoms with Gasteiger partial charge in [0.2, 0.25) is 0 Å². The molecule has 1 aliphatic rings. The molecule has 0 aromatic heterocycles. The summed E-state index contributed by atoms with van der Waals surface area (Å²) >= 11 is 0. The van der Waals surface area contributed by atoms with Crippen molar-refractivity contribution >= 4 is 11.9 Å². The van der Waals surface area contributed by atoms with Crippen LogP contribution in [0.15, 0.2) is 48.5 Å². The van der Waals surface area contributed by atoms with E-state index in [2.05, 4.69) is 0 Å². The molecule has 0 saturated heterocycles. The standard InChI is InChI=1S/C17H15NO3/c1-18-16(19)10-12-6-2-4-8-14(12)15-9-5-3-7-13(15)11-17(20)21-18/h2-9H,10-11H2,1H3. The van der Waals surface area contributed by atoms with Gasteiger partial charge in [-0.2, -0.15) is 5.06 Å². The first-order chi connectivity index (χ1) is 10.1. The minimum Gasteiger partial charge on any atom is -0.338 e. The Labute approximate surface area is 122 Å². The zero-order valence-electron chi connectivity index (χ0n) is 11.7. The Balaban J connectivity index is 2.18. The Bertz CT molecular complexity index is 709. The maximum atomic E-state index is 12.1. The molecule has 4 nitrogen and oxygen atoms in total. The summed E-state index contributed by atoms with van der Waals surface area (Å²) in [4.78, 5) is 29.1. The molecule has 0 bridgehead atoms. The lowest BCUT2D eigenvalue weighted by Gasteiger charge is -2.20. The van der Waals surface area contributed by atoms with Gasteiger partial charge < -0.3 is 4.84 Å². The minimum atomic E-state index is -0.433. The molecule has 106 valence electrons. The van der Waals surface area contributed by atoms with Gasteiger partial charge in [0, 0.05) is 7.05 Å². The van der Waals surface area contributed by atoms with Crippen LogP contribution < -0.4 is 0 Å². The highest BCUT2D eigenvalue weighted by Gasteiger charge is 2.21. The molecule has 2 aromatic carbocycles. The van der Waals surface area contributed by atoms with Crippen molar-refractivity contribution in [2.75, 3.05) is 7.05 Å². The number of carbonyl (C=O) groups excluding carboxylic acids is 2. The van der Waals surface area contributed by atoms with Crippen LogP contribution in [0.25, 0.3) is 11.1 Å². The number of hydrogen-bond acceptors (Lipinski definition) is 3. The number of hydrogen-bond donors (Lipinski definition) is 0. The van der Waals surface area contributed by atoms with Gasteiger partial charge in [0.05, 0.1) is 12.8 Å². The summed E-state index contributed by atoms with van der Waals surface area (Å²) in [7, 11) is 1.47. The Morgan fingerprint density at radius 2 is 1.38 bits per heavy atom. The van der Waals surface area contributed by atoms with Gasteiger partial charge in [-0.25, -0.2) is 4.79 Å². The SMILES string of the molecule is CN1OC(=O)Cc2ccccc2-c2ccccc2CC1=O. The average molecular weight is 281 g/mol. The van der Waals surface area contributed by atoms with Crippen LogP contribution in [0.3, 0.4) is 0 Å². The molecule has 4 heteroatoms. The molecule has 2 aromatic rings. The molecule has 1 amide bonds. The Hall–Kier alpha value is -2.62. The van der Waals surface area contributed by atoms with E-state index < -0.39 is 5.97 Å². The summed E-state index contributed by atoms with van der Waals surface area (Å²) in [5, 5.41) is 1.02. The second-order valence-corrected chi connectivity index (χ2v) is 5.02. The maximum Gasteiger partial charge on any atom is 0.336 e. The van der Waals surface area contributed by atoms with Crippen LogP contribution in [0.1, 0.15) is 11.1 Å². The van der Waals surface area contributed by atoms with Gasteiger partial charge in [-0.05, 0) is 22.3 Å². The van der Waals surface area contributed by atoms with Crippen molar-refractivity contribution in [3.63, 3.8) is 0 Å². The van der Waals surface area contributed by atoms with Gasteiger partial charge in [0.1, 0.15) is 0 Å². The molecule has 0 unspecified atom stereocenters. The van der Waals surface area contributed by atoms with Crippen LogP contribution in [-0.4, -0.2) is 24.0 Å². The number of amides is 1. The predicted molar refractivity (Wildman–Crippen MR) is 78.1 cm³/mol. The van der Waals surface area contributed by atoms with Gasteiger partial charge >= 0.3 is 5.97 Å². The minimum absolute atomic E-state index is 0.141. The first-order valence-electron chi connectivity index (χ1n) is 6.78. The largest absolute Gasteiger partial charge is 0.338 e. The molecular formula is C17H15NO3. The molecule has 0 aliphatic carbocycles. The van der Waals surface area contributed by atoms with Gasteiger partial charge in [0.25, 0.3) is 5.91 Å². The van der Waals surface area contributed by atoms with E-state index in [4.69, 9.17) is 4.84 Å². The molecule has 0 fully saturated rings. The van der Waals surface area contributed by atoms with Crippen molar-refractivity contribution in [1.29, 1.82) is 0 Å². The van der Waals surface area contributed by atoms with E-state index in [0.29, 0.717) is 0 Å². The third-order valence-corrected chi connectivity index (χ3v) is 3.59. The lowest BCUT2D eigenvalue weighted by atomic mass is 9.92. The van der Waals surface area contributed by atoms with Gasteiger partial charge in [0.15, 0.2) is 0 Å². The molecule has 3 rings (SSSR count). The number of rotatable bonds is 0. The van der Waals surface area contributed by atoms with Crippen LogP contribution >= 0.6 is 0 Å². The van der Waals surface area contributed by atoms with E-state index in [9.17, 15) is 9.59 Å². The highest BCUT2D eigenvalue weighted by molar-refractivity contribution is 5.86. The van der Waals surface area contributed by atoms with Crippen molar-refractivity contribution in [3.8, 4) is 11.1 Å². The second kappa shape index (κ2) is 5.40. The summed E-state index contributed by atoms with van der Waals surface area (Å²) in [5.74, 6) is -0.673. The highest BCUT2D eigenvalue weighted by atomic mass is 16.7. The summed E-state index contributed by atoms with van der Waals surface area (Å²) in [5.41, 5.74) is 3.80. The topological polar surface area (TPSA) is 46.6 Å². The van der Waals surface area contributed by atoms with Crippen molar-refractivity contribution < 1.29 is 14.4 Å². The fraction of sp³-hybridized carbons (Fsp3) is 0.176. The third kappa shape index (κ3) is 2.65.